The Morgan fingerprint density at radius 1 is 0.880 bits per heavy atom. The van der Waals surface area contributed by atoms with E-state index in [-0.39, 0.29) is 0 Å². The minimum atomic E-state index is 0.810. The van der Waals surface area contributed by atoms with Gasteiger partial charge in [0.25, 0.3) is 0 Å². The standard InChI is InChI=1S/C22H20N3/c1-24-15-13-18(14-16-24)11-12-22-23-20-9-5-6-10-21(20)25(22)17-19-7-3-2-4-8-19/h2-16H,17H2,1H3/q+1. The van der Waals surface area contributed by atoms with Crippen molar-refractivity contribution >= 4 is 23.2 Å². The van der Waals surface area contributed by atoms with Crippen molar-refractivity contribution in [3.8, 4) is 0 Å². The summed E-state index contributed by atoms with van der Waals surface area (Å²) in [5, 5.41) is 0. The number of fused-ring (bicyclic) bond motifs is 1. The van der Waals surface area contributed by atoms with Crippen LogP contribution in [0.3, 0.4) is 0 Å². The quantitative estimate of drug-likeness (QED) is 0.518. The average Bonchev–Trinajstić information content (AvgIpc) is 3.00. The van der Waals surface area contributed by atoms with Crippen molar-refractivity contribution in [3.05, 3.63) is 96.1 Å². The number of aryl methyl sites for hydroxylation is 1. The Balaban J connectivity index is 1.74. The first-order chi connectivity index (χ1) is 12.3. The van der Waals surface area contributed by atoms with Gasteiger partial charge in [-0.05, 0) is 29.3 Å². The van der Waals surface area contributed by atoms with Gasteiger partial charge in [-0.15, -0.1) is 0 Å². The van der Waals surface area contributed by atoms with Crippen molar-refractivity contribution in [1.82, 2.24) is 9.55 Å². The van der Waals surface area contributed by atoms with E-state index in [9.17, 15) is 0 Å². The third-order valence-corrected chi connectivity index (χ3v) is 4.30. The van der Waals surface area contributed by atoms with Gasteiger partial charge in [-0.2, -0.15) is 0 Å². The van der Waals surface area contributed by atoms with Crippen molar-refractivity contribution in [2.75, 3.05) is 0 Å². The number of benzene rings is 2. The maximum atomic E-state index is 4.81. The zero-order valence-corrected chi connectivity index (χ0v) is 14.2. The van der Waals surface area contributed by atoms with Crippen LogP contribution in [0.15, 0.2) is 79.1 Å². The van der Waals surface area contributed by atoms with Gasteiger partial charge in [-0.1, -0.05) is 48.5 Å². The molecule has 2 heterocycles. The van der Waals surface area contributed by atoms with Gasteiger partial charge >= 0.3 is 0 Å². The summed E-state index contributed by atoms with van der Waals surface area (Å²) >= 11 is 0. The Bertz CT molecular complexity index is 1010. The van der Waals surface area contributed by atoms with Gasteiger partial charge in [0.05, 0.1) is 11.0 Å². The molecule has 0 aliphatic carbocycles. The first kappa shape index (κ1) is 15.3. The first-order valence-corrected chi connectivity index (χ1v) is 8.42. The highest BCUT2D eigenvalue weighted by atomic mass is 15.1. The van der Waals surface area contributed by atoms with Crippen LogP contribution in [0.25, 0.3) is 23.2 Å². The SMILES string of the molecule is C[n+]1ccc(/C=C/c2nc3ccccc3n2Cc2ccccc2)cc1. The number of aromatic nitrogens is 3. The number of para-hydroxylation sites is 2. The molecule has 3 heteroatoms. The second-order valence-corrected chi connectivity index (χ2v) is 6.16. The Morgan fingerprint density at radius 3 is 2.40 bits per heavy atom. The number of pyridine rings is 1. The molecule has 4 aromatic rings. The lowest BCUT2D eigenvalue weighted by molar-refractivity contribution is -0.671. The van der Waals surface area contributed by atoms with Crippen LogP contribution >= 0.6 is 0 Å². The molecule has 2 aromatic heterocycles. The minimum Gasteiger partial charge on any atom is -0.320 e. The monoisotopic (exact) mass is 326 g/mol. The smallest absolute Gasteiger partial charge is 0.169 e. The summed E-state index contributed by atoms with van der Waals surface area (Å²) in [5.74, 6) is 0.971. The number of rotatable bonds is 4. The van der Waals surface area contributed by atoms with E-state index < -0.39 is 0 Å². The van der Waals surface area contributed by atoms with Crippen LogP contribution < -0.4 is 4.57 Å². The van der Waals surface area contributed by atoms with E-state index in [1.165, 1.54) is 5.56 Å². The second-order valence-electron chi connectivity index (χ2n) is 6.16. The molecule has 0 saturated carbocycles. The fourth-order valence-corrected chi connectivity index (χ4v) is 2.95. The molecule has 0 spiro atoms. The van der Waals surface area contributed by atoms with Crippen LogP contribution in [0.2, 0.25) is 0 Å². The van der Waals surface area contributed by atoms with E-state index in [1.807, 2.05) is 36.1 Å². The van der Waals surface area contributed by atoms with E-state index in [0.717, 1.165) is 29.0 Å². The lowest BCUT2D eigenvalue weighted by atomic mass is 10.2. The van der Waals surface area contributed by atoms with Crippen LogP contribution in [-0.4, -0.2) is 9.55 Å². The highest BCUT2D eigenvalue weighted by molar-refractivity contribution is 5.80. The fourth-order valence-electron chi connectivity index (χ4n) is 2.95. The Kier molecular flexibility index (Phi) is 4.13. The molecule has 0 amide bonds. The van der Waals surface area contributed by atoms with Gasteiger partial charge in [-0.3, -0.25) is 0 Å². The Hall–Kier alpha value is -3.20. The maximum absolute atomic E-state index is 4.81. The number of hydrogen-bond donors (Lipinski definition) is 0. The molecule has 0 N–H and O–H groups in total. The zero-order chi connectivity index (χ0) is 17.1. The van der Waals surface area contributed by atoms with Crippen molar-refractivity contribution in [1.29, 1.82) is 0 Å². The molecule has 122 valence electrons. The van der Waals surface area contributed by atoms with Crippen LogP contribution in [0.4, 0.5) is 0 Å². The van der Waals surface area contributed by atoms with Crippen LogP contribution in [0.1, 0.15) is 17.0 Å². The molecular formula is C22H20N3+. The van der Waals surface area contributed by atoms with Gasteiger partial charge in [-0.25, -0.2) is 9.55 Å². The summed E-state index contributed by atoms with van der Waals surface area (Å²) in [6.45, 7) is 0.810. The summed E-state index contributed by atoms with van der Waals surface area (Å²) in [6.07, 6.45) is 8.31. The number of nitrogens with zero attached hydrogens (tertiary/aromatic N) is 3. The van der Waals surface area contributed by atoms with Crippen LogP contribution in [0, 0.1) is 0 Å². The Labute approximate surface area is 147 Å². The molecule has 0 fully saturated rings. The molecule has 25 heavy (non-hydrogen) atoms. The van der Waals surface area contributed by atoms with Gasteiger partial charge in [0, 0.05) is 18.7 Å². The van der Waals surface area contributed by atoms with E-state index >= 15 is 0 Å². The highest BCUT2D eigenvalue weighted by Crippen LogP contribution is 2.19. The number of hydrogen-bond acceptors (Lipinski definition) is 1. The lowest BCUT2D eigenvalue weighted by Gasteiger charge is -2.07. The highest BCUT2D eigenvalue weighted by Gasteiger charge is 2.08. The van der Waals surface area contributed by atoms with E-state index in [4.69, 9.17) is 4.98 Å². The third-order valence-electron chi connectivity index (χ3n) is 4.30. The lowest BCUT2D eigenvalue weighted by Crippen LogP contribution is -2.25. The first-order valence-electron chi connectivity index (χ1n) is 8.42. The third kappa shape index (κ3) is 3.36. The Morgan fingerprint density at radius 2 is 1.60 bits per heavy atom. The molecule has 0 unspecified atom stereocenters. The maximum Gasteiger partial charge on any atom is 0.169 e. The van der Waals surface area contributed by atoms with Gasteiger partial charge in [0.15, 0.2) is 12.4 Å². The second kappa shape index (κ2) is 6.73. The summed E-state index contributed by atoms with van der Waals surface area (Å²) < 4.78 is 4.30. The minimum absolute atomic E-state index is 0.810. The largest absolute Gasteiger partial charge is 0.320 e. The molecule has 0 bridgehead atoms. The molecule has 4 rings (SSSR count). The summed E-state index contributed by atoms with van der Waals surface area (Å²) in [6, 6.07) is 23.0. The normalized spacial score (nSPS) is 11.4. The van der Waals surface area contributed by atoms with Gasteiger partial charge in [0.1, 0.15) is 12.9 Å². The summed E-state index contributed by atoms with van der Waals surface area (Å²) in [4.78, 5) is 4.81. The van der Waals surface area contributed by atoms with Crippen molar-refractivity contribution in [3.63, 3.8) is 0 Å². The molecular weight excluding hydrogens is 306 g/mol. The fraction of sp³-hybridized carbons (Fsp3) is 0.0909. The predicted molar refractivity (Wildman–Crippen MR) is 102 cm³/mol. The molecule has 3 nitrogen and oxygen atoms in total. The molecule has 0 saturated heterocycles. The summed E-state index contributed by atoms with van der Waals surface area (Å²) in [5.41, 5.74) is 4.62. The molecule has 0 aliphatic rings. The van der Waals surface area contributed by atoms with Crippen molar-refractivity contribution in [2.45, 2.75) is 6.54 Å². The predicted octanol–water partition coefficient (Wildman–Crippen LogP) is 4.08. The van der Waals surface area contributed by atoms with Gasteiger partial charge in [0.2, 0.25) is 0 Å². The van der Waals surface area contributed by atoms with E-state index in [2.05, 4.69) is 71.3 Å². The van der Waals surface area contributed by atoms with Crippen LogP contribution in [-0.2, 0) is 13.6 Å². The zero-order valence-electron chi connectivity index (χ0n) is 14.2. The molecule has 0 radical (unpaired) electrons. The van der Waals surface area contributed by atoms with Crippen molar-refractivity contribution in [2.24, 2.45) is 7.05 Å². The average molecular weight is 326 g/mol. The van der Waals surface area contributed by atoms with E-state index in [1.54, 1.807) is 0 Å². The van der Waals surface area contributed by atoms with Gasteiger partial charge < -0.3 is 4.57 Å². The number of imidazole rings is 1. The van der Waals surface area contributed by atoms with Crippen LogP contribution in [0.5, 0.6) is 0 Å². The van der Waals surface area contributed by atoms with E-state index in [0.29, 0.717) is 0 Å². The molecule has 0 aliphatic heterocycles. The topological polar surface area (TPSA) is 21.7 Å². The molecule has 2 aromatic carbocycles. The van der Waals surface area contributed by atoms with Crippen molar-refractivity contribution < 1.29 is 4.57 Å². The molecule has 0 atom stereocenters. The summed E-state index contributed by atoms with van der Waals surface area (Å²) in [7, 11) is 2.02.